The molecule has 0 radical (unpaired) electrons. The number of phenolic OH excluding ortho intramolecular Hbond substituents is 1. The van der Waals surface area contributed by atoms with Gasteiger partial charge in [0.1, 0.15) is 5.75 Å². The smallest absolute Gasteiger partial charge is 0.122 e. The number of rotatable bonds is 7. The Morgan fingerprint density at radius 3 is 2.34 bits per heavy atom. The molecule has 0 aliphatic rings. The molecule has 0 aliphatic carbocycles. The predicted molar refractivity (Wildman–Crippen MR) is 128 cm³/mol. The molecule has 0 bridgehead atoms. The van der Waals surface area contributed by atoms with Gasteiger partial charge in [-0.25, -0.2) is 0 Å². The van der Waals surface area contributed by atoms with Gasteiger partial charge in [0.05, 0.1) is 12.2 Å². The number of hydrogen-bond acceptors (Lipinski definition) is 2. The Balaban J connectivity index is 1.93. The molecule has 0 aromatic heterocycles. The molecule has 4 heteroatoms. The van der Waals surface area contributed by atoms with Crippen molar-refractivity contribution in [3.05, 3.63) is 89.0 Å². The van der Waals surface area contributed by atoms with Crippen molar-refractivity contribution >= 4 is 31.3 Å². The average Bonchev–Trinajstić information content (AvgIpc) is 2.72. The lowest BCUT2D eigenvalue weighted by atomic mass is 9.93. The number of para-hydroxylation sites is 1. The maximum absolute atomic E-state index is 10.8. The van der Waals surface area contributed by atoms with Gasteiger partial charge in [-0.2, -0.15) is 0 Å². The molecule has 2 unspecified atom stereocenters. The normalized spacial score (nSPS) is 13.6. The highest BCUT2D eigenvalue weighted by molar-refractivity contribution is 7.48. The third-order valence-electron chi connectivity index (χ3n) is 5.52. The molecular formula is C25H29ClNOP. The molecule has 2 atom stereocenters. The molecule has 3 aromatic rings. The van der Waals surface area contributed by atoms with Gasteiger partial charge in [-0.1, -0.05) is 82.6 Å². The first-order chi connectivity index (χ1) is 13.8. The first kappa shape index (κ1) is 21.7. The molecule has 0 amide bonds. The summed E-state index contributed by atoms with van der Waals surface area (Å²) in [4.78, 5) is 0. The van der Waals surface area contributed by atoms with Gasteiger partial charge in [0.15, 0.2) is 0 Å². The molecule has 3 aromatic carbocycles. The SMILES string of the molecule is CCC(C)(Pc1ccccc1CN(Cl)c1ccccc1)c1cc(C)cc(C)c1O. The van der Waals surface area contributed by atoms with Crippen molar-refractivity contribution in [1.29, 1.82) is 0 Å². The van der Waals surface area contributed by atoms with E-state index in [1.807, 2.05) is 43.3 Å². The molecule has 2 nitrogen and oxygen atoms in total. The van der Waals surface area contributed by atoms with E-state index >= 15 is 0 Å². The van der Waals surface area contributed by atoms with Crippen LogP contribution >= 0.6 is 20.4 Å². The van der Waals surface area contributed by atoms with Crippen LogP contribution < -0.4 is 9.72 Å². The highest BCUT2D eigenvalue weighted by Crippen LogP contribution is 2.48. The monoisotopic (exact) mass is 425 g/mol. The highest BCUT2D eigenvalue weighted by atomic mass is 35.5. The first-order valence-electron chi connectivity index (χ1n) is 9.99. The van der Waals surface area contributed by atoms with Crippen molar-refractivity contribution in [3.63, 3.8) is 0 Å². The molecule has 0 heterocycles. The Hall–Kier alpha value is -2.02. The summed E-state index contributed by atoms with van der Waals surface area (Å²) in [5.41, 5.74) is 5.36. The third-order valence-corrected chi connectivity index (χ3v) is 7.77. The lowest BCUT2D eigenvalue weighted by molar-refractivity contribution is 0.452. The van der Waals surface area contributed by atoms with E-state index in [2.05, 4.69) is 51.1 Å². The fourth-order valence-electron chi connectivity index (χ4n) is 3.63. The Morgan fingerprint density at radius 2 is 1.66 bits per heavy atom. The molecular weight excluding hydrogens is 397 g/mol. The Kier molecular flexibility index (Phi) is 6.88. The summed E-state index contributed by atoms with van der Waals surface area (Å²) in [6.07, 6.45) is 0.944. The van der Waals surface area contributed by atoms with Crippen molar-refractivity contribution in [2.24, 2.45) is 0 Å². The van der Waals surface area contributed by atoms with Gasteiger partial charge in [-0.3, -0.25) is 4.42 Å². The van der Waals surface area contributed by atoms with Crippen LogP contribution in [0.4, 0.5) is 5.69 Å². The number of phenols is 1. The minimum absolute atomic E-state index is 0.138. The fourth-order valence-corrected chi connectivity index (χ4v) is 5.48. The number of aromatic hydroxyl groups is 1. The van der Waals surface area contributed by atoms with Crippen LogP contribution in [0.1, 0.15) is 42.5 Å². The van der Waals surface area contributed by atoms with Crippen molar-refractivity contribution < 1.29 is 5.11 Å². The van der Waals surface area contributed by atoms with Gasteiger partial charge in [-0.05, 0) is 48.8 Å². The van der Waals surface area contributed by atoms with Gasteiger partial charge >= 0.3 is 0 Å². The van der Waals surface area contributed by atoms with E-state index in [1.54, 1.807) is 4.42 Å². The summed E-state index contributed by atoms with van der Waals surface area (Å²) in [7, 11) is 0.526. The van der Waals surface area contributed by atoms with E-state index in [-0.39, 0.29) is 5.16 Å². The van der Waals surface area contributed by atoms with Crippen LogP contribution in [0, 0.1) is 13.8 Å². The lowest BCUT2D eigenvalue weighted by Gasteiger charge is -2.32. The first-order valence-corrected chi connectivity index (χ1v) is 11.3. The van der Waals surface area contributed by atoms with Crippen LogP contribution in [0.15, 0.2) is 66.7 Å². The molecule has 1 N–H and O–H groups in total. The van der Waals surface area contributed by atoms with Gasteiger partial charge in [0.2, 0.25) is 0 Å². The fraction of sp³-hybridized carbons (Fsp3) is 0.280. The number of nitrogens with zero attached hydrogens (tertiary/aromatic N) is 1. The number of halogens is 1. The zero-order valence-electron chi connectivity index (χ0n) is 17.5. The zero-order valence-corrected chi connectivity index (χ0v) is 19.3. The van der Waals surface area contributed by atoms with E-state index < -0.39 is 0 Å². The number of benzene rings is 3. The lowest BCUT2D eigenvalue weighted by Crippen LogP contribution is -2.22. The van der Waals surface area contributed by atoms with Crippen LogP contribution in [-0.2, 0) is 11.7 Å². The Bertz CT molecular complexity index is 976. The highest BCUT2D eigenvalue weighted by Gasteiger charge is 2.30. The molecule has 29 heavy (non-hydrogen) atoms. The maximum Gasteiger partial charge on any atom is 0.122 e. The Morgan fingerprint density at radius 1 is 1.00 bits per heavy atom. The minimum atomic E-state index is -0.138. The van der Waals surface area contributed by atoms with Crippen LogP contribution in [-0.4, -0.2) is 5.11 Å². The van der Waals surface area contributed by atoms with Crippen molar-refractivity contribution in [2.75, 3.05) is 4.42 Å². The van der Waals surface area contributed by atoms with E-state index in [4.69, 9.17) is 11.8 Å². The standard InChI is InChI=1S/C25H29ClNOP/c1-5-25(4,22-16-18(2)15-19(3)24(22)28)29-23-14-10-9-11-20(23)17-27(26)21-12-7-6-8-13-21/h6-16,28-29H,5,17H2,1-4H3. The zero-order chi connectivity index (χ0) is 21.0. The molecule has 0 fully saturated rings. The number of anilines is 1. The van der Waals surface area contributed by atoms with Crippen molar-refractivity contribution in [3.8, 4) is 5.75 Å². The summed E-state index contributed by atoms with van der Waals surface area (Å²) in [6, 6.07) is 22.7. The molecule has 0 saturated carbocycles. The second-order valence-electron chi connectivity index (χ2n) is 7.80. The van der Waals surface area contributed by atoms with Gasteiger partial charge in [-0.15, -0.1) is 0 Å². The number of hydrogen-bond donors (Lipinski definition) is 1. The van der Waals surface area contributed by atoms with E-state index in [0.717, 1.165) is 23.2 Å². The van der Waals surface area contributed by atoms with Crippen LogP contribution in [0.2, 0.25) is 0 Å². The van der Waals surface area contributed by atoms with Gasteiger partial charge < -0.3 is 5.11 Å². The predicted octanol–water partition coefficient (Wildman–Crippen LogP) is 6.80. The van der Waals surface area contributed by atoms with Crippen molar-refractivity contribution in [1.82, 2.24) is 0 Å². The molecule has 3 rings (SSSR count). The maximum atomic E-state index is 10.8. The molecule has 0 aliphatic heterocycles. The van der Waals surface area contributed by atoms with E-state index in [0.29, 0.717) is 20.9 Å². The summed E-state index contributed by atoms with van der Waals surface area (Å²) in [5, 5.41) is 12.0. The topological polar surface area (TPSA) is 23.5 Å². The summed E-state index contributed by atoms with van der Waals surface area (Å²) < 4.78 is 1.76. The van der Waals surface area contributed by atoms with Crippen LogP contribution in [0.25, 0.3) is 0 Å². The molecule has 0 saturated heterocycles. The van der Waals surface area contributed by atoms with E-state index in [1.165, 1.54) is 16.4 Å². The third kappa shape index (κ3) is 4.94. The summed E-state index contributed by atoms with van der Waals surface area (Å²) in [5.74, 6) is 0.424. The quantitative estimate of drug-likeness (QED) is 0.332. The van der Waals surface area contributed by atoms with E-state index in [9.17, 15) is 5.11 Å². The summed E-state index contributed by atoms with van der Waals surface area (Å²) in [6.45, 7) is 9.15. The molecule has 0 spiro atoms. The second-order valence-corrected chi connectivity index (χ2v) is 10.1. The largest absolute Gasteiger partial charge is 0.507 e. The van der Waals surface area contributed by atoms with Crippen LogP contribution in [0.3, 0.4) is 0 Å². The minimum Gasteiger partial charge on any atom is -0.507 e. The second kappa shape index (κ2) is 9.20. The van der Waals surface area contributed by atoms with Crippen LogP contribution in [0.5, 0.6) is 5.75 Å². The van der Waals surface area contributed by atoms with Gasteiger partial charge in [0.25, 0.3) is 0 Å². The molecule has 152 valence electrons. The Labute approximate surface area is 181 Å². The number of aryl methyl sites for hydroxylation is 2. The van der Waals surface area contributed by atoms with Gasteiger partial charge in [0, 0.05) is 22.5 Å². The average molecular weight is 426 g/mol. The summed E-state index contributed by atoms with van der Waals surface area (Å²) >= 11 is 6.60. The van der Waals surface area contributed by atoms with Crippen molar-refractivity contribution in [2.45, 2.75) is 45.8 Å².